The first-order valence-corrected chi connectivity index (χ1v) is 5.73. The number of halogens is 1. The summed E-state index contributed by atoms with van der Waals surface area (Å²) in [5, 5.41) is 11.0. The van der Waals surface area contributed by atoms with Crippen LogP contribution in [-0.4, -0.2) is 17.2 Å². The highest BCUT2D eigenvalue weighted by atomic mass is 79.9. The van der Waals surface area contributed by atoms with Gasteiger partial charge in [-0.25, -0.2) is 0 Å². The predicted molar refractivity (Wildman–Crippen MR) is 64.9 cm³/mol. The van der Waals surface area contributed by atoms with E-state index in [-0.39, 0.29) is 0 Å². The maximum atomic E-state index is 5.54. The summed E-state index contributed by atoms with van der Waals surface area (Å²) in [7, 11) is 1.84. The summed E-state index contributed by atoms with van der Waals surface area (Å²) in [6.45, 7) is 2.60. The zero-order chi connectivity index (χ0) is 11.5. The molecule has 0 saturated heterocycles. The van der Waals surface area contributed by atoms with Crippen LogP contribution in [-0.2, 0) is 6.54 Å². The molecule has 1 aromatic heterocycles. The quantitative estimate of drug-likeness (QED) is 0.939. The minimum atomic E-state index is 0.559. The normalized spacial score (nSPS) is 10.7. The van der Waals surface area contributed by atoms with E-state index in [1.165, 1.54) is 0 Å². The minimum absolute atomic E-state index is 0.559. The standard InChI is InChI=1S/C11H12BrN3O/c1-7-3-4-8(12)5-9(7)11-15-14-10(16-11)6-13-2/h3-5,13H,6H2,1-2H3. The van der Waals surface area contributed by atoms with Crippen molar-refractivity contribution in [1.29, 1.82) is 0 Å². The summed E-state index contributed by atoms with van der Waals surface area (Å²) < 4.78 is 6.54. The lowest BCUT2D eigenvalue weighted by Crippen LogP contribution is -2.04. The molecule has 2 aromatic rings. The maximum Gasteiger partial charge on any atom is 0.248 e. The van der Waals surface area contributed by atoms with Crippen molar-refractivity contribution in [2.45, 2.75) is 13.5 Å². The number of nitrogens with one attached hydrogen (secondary N) is 1. The Kier molecular flexibility index (Phi) is 3.36. The molecule has 0 aliphatic carbocycles. The fourth-order valence-corrected chi connectivity index (χ4v) is 1.77. The van der Waals surface area contributed by atoms with Gasteiger partial charge in [0.1, 0.15) is 0 Å². The van der Waals surface area contributed by atoms with E-state index >= 15 is 0 Å². The molecule has 0 radical (unpaired) electrons. The Morgan fingerprint density at radius 1 is 1.38 bits per heavy atom. The molecule has 2 rings (SSSR count). The zero-order valence-corrected chi connectivity index (χ0v) is 10.7. The second kappa shape index (κ2) is 4.76. The van der Waals surface area contributed by atoms with Crippen LogP contribution in [0.2, 0.25) is 0 Å². The van der Waals surface area contributed by atoms with Gasteiger partial charge in [0.15, 0.2) is 0 Å². The van der Waals surface area contributed by atoms with Crippen LogP contribution in [0.5, 0.6) is 0 Å². The van der Waals surface area contributed by atoms with Gasteiger partial charge in [-0.2, -0.15) is 0 Å². The third-order valence-corrected chi connectivity index (χ3v) is 2.72. The summed E-state index contributed by atoms with van der Waals surface area (Å²) >= 11 is 3.43. The maximum absolute atomic E-state index is 5.54. The topological polar surface area (TPSA) is 51.0 Å². The van der Waals surface area contributed by atoms with Gasteiger partial charge in [-0.15, -0.1) is 10.2 Å². The second-order valence-electron chi connectivity index (χ2n) is 3.49. The predicted octanol–water partition coefficient (Wildman–Crippen LogP) is 2.53. The SMILES string of the molecule is CNCc1nnc(-c2cc(Br)ccc2C)o1. The summed E-state index contributed by atoms with van der Waals surface area (Å²) in [4.78, 5) is 0. The monoisotopic (exact) mass is 281 g/mol. The van der Waals surface area contributed by atoms with Gasteiger partial charge in [-0.1, -0.05) is 22.0 Å². The van der Waals surface area contributed by atoms with Crippen LogP contribution in [0.3, 0.4) is 0 Å². The van der Waals surface area contributed by atoms with Crippen molar-refractivity contribution in [3.63, 3.8) is 0 Å². The molecule has 5 heteroatoms. The Bertz CT molecular complexity index is 496. The molecule has 0 aliphatic rings. The first-order chi connectivity index (χ1) is 7.70. The number of nitrogens with zero attached hydrogens (tertiary/aromatic N) is 2. The van der Waals surface area contributed by atoms with Gasteiger partial charge in [-0.3, -0.25) is 0 Å². The lowest BCUT2D eigenvalue weighted by atomic mass is 10.1. The van der Waals surface area contributed by atoms with Gasteiger partial charge in [0.05, 0.1) is 6.54 Å². The molecule has 1 aromatic carbocycles. The van der Waals surface area contributed by atoms with E-state index in [2.05, 4.69) is 31.4 Å². The van der Waals surface area contributed by atoms with Crippen molar-refractivity contribution in [2.24, 2.45) is 0 Å². The first-order valence-electron chi connectivity index (χ1n) is 4.94. The molecule has 0 amide bonds. The minimum Gasteiger partial charge on any atom is -0.419 e. The molecule has 84 valence electrons. The van der Waals surface area contributed by atoms with Crippen molar-refractivity contribution in [3.8, 4) is 11.5 Å². The Hall–Kier alpha value is -1.20. The molecule has 0 fully saturated rings. The Morgan fingerprint density at radius 2 is 2.19 bits per heavy atom. The Labute approximate surface area is 102 Å². The average molecular weight is 282 g/mol. The molecule has 1 heterocycles. The zero-order valence-electron chi connectivity index (χ0n) is 9.12. The average Bonchev–Trinajstić information content (AvgIpc) is 2.71. The molecule has 0 spiro atoms. The molecular weight excluding hydrogens is 270 g/mol. The van der Waals surface area contributed by atoms with Crippen LogP contribution >= 0.6 is 15.9 Å². The van der Waals surface area contributed by atoms with E-state index in [4.69, 9.17) is 4.42 Å². The van der Waals surface area contributed by atoms with Gasteiger partial charge >= 0.3 is 0 Å². The van der Waals surface area contributed by atoms with Crippen LogP contribution < -0.4 is 5.32 Å². The largest absolute Gasteiger partial charge is 0.419 e. The molecule has 0 atom stereocenters. The molecule has 0 unspecified atom stereocenters. The van der Waals surface area contributed by atoms with Gasteiger partial charge in [0.25, 0.3) is 0 Å². The lowest BCUT2D eigenvalue weighted by Gasteiger charge is -2.00. The van der Waals surface area contributed by atoms with E-state index in [9.17, 15) is 0 Å². The molecule has 1 N–H and O–H groups in total. The van der Waals surface area contributed by atoms with E-state index in [0.29, 0.717) is 18.3 Å². The van der Waals surface area contributed by atoms with Crippen LogP contribution in [0.1, 0.15) is 11.5 Å². The van der Waals surface area contributed by atoms with Crippen molar-refractivity contribution < 1.29 is 4.42 Å². The molecule has 0 aliphatic heterocycles. The lowest BCUT2D eigenvalue weighted by molar-refractivity contribution is 0.490. The number of aryl methyl sites for hydroxylation is 1. The number of benzene rings is 1. The van der Waals surface area contributed by atoms with Crippen molar-refractivity contribution >= 4 is 15.9 Å². The molecule has 16 heavy (non-hydrogen) atoms. The summed E-state index contributed by atoms with van der Waals surface area (Å²) in [6, 6.07) is 5.98. The van der Waals surface area contributed by atoms with Crippen LogP contribution in [0.25, 0.3) is 11.5 Å². The van der Waals surface area contributed by atoms with E-state index < -0.39 is 0 Å². The second-order valence-corrected chi connectivity index (χ2v) is 4.41. The molecule has 0 saturated carbocycles. The van der Waals surface area contributed by atoms with Crippen molar-refractivity contribution in [2.75, 3.05) is 7.05 Å². The fourth-order valence-electron chi connectivity index (χ4n) is 1.41. The fraction of sp³-hybridized carbons (Fsp3) is 0.273. The highest BCUT2D eigenvalue weighted by Gasteiger charge is 2.10. The van der Waals surface area contributed by atoms with E-state index in [1.54, 1.807) is 0 Å². The molecular formula is C11H12BrN3O. The number of rotatable bonds is 3. The van der Waals surface area contributed by atoms with E-state index in [1.807, 2.05) is 32.2 Å². The van der Waals surface area contributed by atoms with E-state index in [0.717, 1.165) is 15.6 Å². The van der Waals surface area contributed by atoms with Crippen LogP contribution in [0.15, 0.2) is 27.1 Å². The molecule has 4 nitrogen and oxygen atoms in total. The van der Waals surface area contributed by atoms with Gasteiger partial charge in [-0.05, 0) is 31.7 Å². The third kappa shape index (κ3) is 2.31. The smallest absolute Gasteiger partial charge is 0.248 e. The summed E-state index contributed by atoms with van der Waals surface area (Å²) in [5.74, 6) is 1.15. The number of hydrogen-bond acceptors (Lipinski definition) is 4. The summed E-state index contributed by atoms with van der Waals surface area (Å²) in [5.41, 5.74) is 2.08. The summed E-state index contributed by atoms with van der Waals surface area (Å²) in [6.07, 6.45) is 0. The van der Waals surface area contributed by atoms with Gasteiger partial charge in [0.2, 0.25) is 11.8 Å². The highest BCUT2D eigenvalue weighted by molar-refractivity contribution is 9.10. The highest BCUT2D eigenvalue weighted by Crippen LogP contribution is 2.25. The molecule has 0 bridgehead atoms. The number of hydrogen-bond donors (Lipinski definition) is 1. The van der Waals surface area contributed by atoms with Gasteiger partial charge < -0.3 is 9.73 Å². The first kappa shape index (κ1) is 11.3. The van der Waals surface area contributed by atoms with Crippen LogP contribution in [0, 0.1) is 6.92 Å². The van der Waals surface area contributed by atoms with Crippen molar-refractivity contribution in [1.82, 2.24) is 15.5 Å². The number of aromatic nitrogens is 2. The Morgan fingerprint density at radius 3 is 2.94 bits per heavy atom. The third-order valence-electron chi connectivity index (χ3n) is 2.22. The van der Waals surface area contributed by atoms with Crippen molar-refractivity contribution in [3.05, 3.63) is 34.1 Å². The van der Waals surface area contributed by atoms with Crippen LogP contribution in [0.4, 0.5) is 0 Å². The van der Waals surface area contributed by atoms with Gasteiger partial charge in [0, 0.05) is 10.0 Å². The Balaban J connectivity index is 2.38.